The third kappa shape index (κ3) is 2.28. The summed E-state index contributed by atoms with van der Waals surface area (Å²) in [6, 6.07) is 15.3. The normalized spacial score (nSPS) is 14.8. The lowest BCUT2D eigenvalue weighted by molar-refractivity contribution is 0.775. The Morgan fingerprint density at radius 2 is 2.05 bits per heavy atom. The van der Waals surface area contributed by atoms with Crippen molar-refractivity contribution in [3.8, 4) is 11.4 Å². The highest BCUT2D eigenvalue weighted by atomic mass is 79.9. The summed E-state index contributed by atoms with van der Waals surface area (Å²) in [4.78, 5) is 4.87. The van der Waals surface area contributed by atoms with E-state index in [1.54, 1.807) is 0 Å². The molecule has 1 aliphatic rings. The molecule has 106 valence electrons. The predicted octanol–water partition coefficient (Wildman–Crippen LogP) is 4.26. The average Bonchev–Trinajstić information content (AvgIpc) is 3.27. The largest absolute Gasteiger partial charge is 0.326 e. The fraction of sp³-hybridized carbons (Fsp3) is 0.235. The van der Waals surface area contributed by atoms with Crippen LogP contribution in [0.25, 0.3) is 22.4 Å². The number of aromatic nitrogens is 2. The molecule has 3 nitrogen and oxygen atoms in total. The maximum atomic E-state index is 5.77. The molecule has 0 amide bonds. The molecule has 1 saturated carbocycles. The van der Waals surface area contributed by atoms with Gasteiger partial charge in [-0.2, -0.15) is 0 Å². The molecule has 1 aromatic heterocycles. The molecule has 0 radical (unpaired) electrons. The van der Waals surface area contributed by atoms with Gasteiger partial charge in [0.1, 0.15) is 5.82 Å². The highest BCUT2D eigenvalue weighted by molar-refractivity contribution is 9.10. The number of hydrogen-bond acceptors (Lipinski definition) is 2. The van der Waals surface area contributed by atoms with E-state index < -0.39 is 0 Å². The van der Waals surface area contributed by atoms with Crippen LogP contribution in [-0.4, -0.2) is 9.55 Å². The monoisotopic (exact) mass is 341 g/mol. The fourth-order valence-electron chi connectivity index (χ4n) is 2.82. The van der Waals surface area contributed by atoms with E-state index in [1.807, 2.05) is 0 Å². The topological polar surface area (TPSA) is 43.8 Å². The van der Waals surface area contributed by atoms with E-state index in [0.29, 0.717) is 12.6 Å². The van der Waals surface area contributed by atoms with Crippen LogP contribution in [0.15, 0.2) is 46.9 Å². The van der Waals surface area contributed by atoms with Crippen molar-refractivity contribution >= 4 is 27.0 Å². The van der Waals surface area contributed by atoms with Gasteiger partial charge in [-0.05, 0) is 42.7 Å². The number of halogens is 1. The number of imidazole rings is 1. The minimum atomic E-state index is 0.559. The fourth-order valence-corrected chi connectivity index (χ4v) is 3.16. The van der Waals surface area contributed by atoms with Gasteiger partial charge in [0.05, 0.1) is 11.0 Å². The van der Waals surface area contributed by atoms with Gasteiger partial charge in [-0.15, -0.1) is 0 Å². The summed E-state index contributed by atoms with van der Waals surface area (Å²) < 4.78 is 3.45. The molecule has 0 saturated heterocycles. The Kier molecular flexibility index (Phi) is 3.08. The molecule has 0 unspecified atom stereocenters. The van der Waals surface area contributed by atoms with Crippen LogP contribution in [0.1, 0.15) is 24.4 Å². The van der Waals surface area contributed by atoms with Crippen molar-refractivity contribution in [2.45, 2.75) is 25.4 Å². The molecular formula is C17H16BrN3. The van der Waals surface area contributed by atoms with Gasteiger partial charge in [-0.1, -0.05) is 34.1 Å². The quantitative estimate of drug-likeness (QED) is 0.773. The molecule has 1 heterocycles. The molecule has 1 aliphatic carbocycles. The van der Waals surface area contributed by atoms with E-state index in [9.17, 15) is 0 Å². The van der Waals surface area contributed by atoms with Crippen LogP contribution in [0.4, 0.5) is 0 Å². The number of benzene rings is 2. The highest BCUT2D eigenvalue weighted by Crippen LogP contribution is 2.41. The molecule has 1 fully saturated rings. The van der Waals surface area contributed by atoms with Gasteiger partial charge in [-0.25, -0.2) is 4.98 Å². The molecule has 0 aliphatic heterocycles. The molecule has 4 rings (SSSR count). The summed E-state index contributed by atoms with van der Waals surface area (Å²) in [5.74, 6) is 1.06. The Hall–Kier alpha value is -1.65. The van der Waals surface area contributed by atoms with Gasteiger partial charge in [0.25, 0.3) is 0 Å². The lowest BCUT2D eigenvalue weighted by Crippen LogP contribution is -1.99. The summed E-state index contributed by atoms with van der Waals surface area (Å²) in [5.41, 5.74) is 10.3. The highest BCUT2D eigenvalue weighted by Gasteiger charge is 2.28. The van der Waals surface area contributed by atoms with Crippen molar-refractivity contribution < 1.29 is 0 Å². The standard InChI is InChI=1S/C17H16BrN3/c18-13-4-7-16-15(9-13)20-17(21(16)14-5-6-14)12-3-1-2-11(8-12)10-19/h1-4,7-9,14H,5-6,10,19H2. The summed E-state index contributed by atoms with van der Waals surface area (Å²) in [6.45, 7) is 0.559. The molecule has 0 bridgehead atoms. The third-order valence-corrected chi connectivity index (χ3v) is 4.48. The van der Waals surface area contributed by atoms with Crippen molar-refractivity contribution in [2.75, 3.05) is 0 Å². The van der Waals surface area contributed by atoms with Gasteiger partial charge in [-0.3, -0.25) is 0 Å². The first-order chi connectivity index (χ1) is 10.3. The second-order valence-corrected chi connectivity index (χ2v) is 6.49. The van der Waals surface area contributed by atoms with Gasteiger partial charge >= 0.3 is 0 Å². The van der Waals surface area contributed by atoms with Crippen LogP contribution < -0.4 is 5.73 Å². The van der Waals surface area contributed by atoms with Crippen LogP contribution in [0.2, 0.25) is 0 Å². The Labute approximate surface area is 131 Å². The lowest BCUT2D eigenvalue weighted by atomic mass is 10.1. The van der Waals surface area contributed by atoms with Crippen LogP contribution in [0.3, 0.4) is 0 Å². The summed E-state index contributed by atoms with van der Waals surface area (Å²) in [5, 5.41) is 0. The zero-order valence-corrected chi connectivity index (χ0v) is 13.2. The van der Waals surface area contributed by atoms with Gasteiger partial charge in [0, 0.05) is 22.6 Å². The maximum Gasteiger partial charge on any atom is 0.141 e. The van der Waals surface area contributed by atoms with E-state index in [4.69, 9.17) is 10.7 Å². The van der Waals surface area contributed by atoms with Crippen molar-refractivity contribution in [3.63, 3.8) is 0 Å². The molecule has 4 heteroatoms. The lowest BCUT2D eigenvalue weighted by Gasteiger charge is -2.08. The van der Waals surface area contributed by atoms with E-state index in [1.165, 1.54) is 18.4 Å². The minimum Gasteiger partial charge on any atom is -0.326 e. The maximum absolute atomic E-state index is 5.77. The smallest absolute Gasteiger partial charge is 0.141 e. The molecular weight excluding hydrogens is 326 g/mol. The minimum absolute atomic E-state index is 0.559. The molecule has 0 spiro atoms. The number of nitrogens with zero attached hydrogens (tertiary/aromatic N) is 2. The number of rotatable bonds is 3. The molecule has 3 aromatic rings. The van der Waals surface area contributed by atoms with Crippen molar-refractivity contribution in [1.82, 2.24) is 9.55 Å². The first-order valence-electron chi connectivity index (χ1n) is 7.23. The zero-order chi connectivity index (χ0) is 14.4. The van der Waals surface area contributed by atoms with Crippen molar-refractivity contribution in [2.24, 2.45) is 5.73 Å². The van der Waals surface area contributed by atoms with Crippen LogP contribution >= 0.6 is 15.9 Å². The van der Waals surface area contributed by atoms with Crippen molar-refractivity contribution in [1.29, 1.82) is 0 Å². The first-order valence-corrected chi connectivity index (χ1v) is 8.02. The van der Waals surface area contributed by atoms with Crippen LogP contribution in [0.5, 0.6) is 0 Å². The van der Waals surface area contributed by atoms with Crippen LogP contribution in [0, 0.1) is 0 Å². The average molecular weight is 342 g/mol. The molecule has 21 heavy (non-hydrogen) atoms. The number of nitrogens with two attached hydrogens (primary N) is 1. The Morgan fingerprint density at radius 3 is 2.81 bits per heavy atom. The van der Waals surface area contributed by atoms with Gasteiger partial charge in [0.2, 0.25) is 0 Å². The predicted molar refractivity (Wildman–Crippen MR) is 89.0 cm³/mol. The Bertz CT molecular complexity index is 818. The first kappa shape index (κ1) is 13.0. The van der Waals surface area contributed by atoms with Gasteiger partial charge in [0.15, 0.2) is 0 Å². The summed E-state index contributed by atoms with van der Waals surface area (Å²) in [7, 11) is 0. The molecule has 2 aromatic carbocycles. The van der Waals surface area contributed by atoms with Crippen molar-refractivity contribution in [3.05, 3.63) is 52.5 Å². The zero-order valence-electron chi connectivity index (χ0n) is 11.6. The number of hydrogen-bond donors (Lipinski definition) is 1. The van der Waals surface area contributed by atoms with Gasteiger partial charge < -0.3 is 10.3 Å². The SMILES string of the molecule is NCc1cccc(-c2nc3cc(Br)ccc3n2C2CC2)c1. The second-order valence-electron chi connectivity index (χ2n) is 5.57. The van der Waals surface area contributed by atoms with E-state index in [0.717, 1.165) is 26.9 Å². The number of fused-ring (bicyclic) bond motifs is 1. The van der Waals surface area contributed by atoms with E-state index >= 15 is 0 Å². The third-order valence-electron chi connectivity index (χ3n) is 3.98. The van der Waals surface area contributed by atoms with E-state index in [2.05, 4.69) is 63.0 Å². The summed E-state index contributed by atoms with van der Waals surface area (Å²) >= 11 is 3.53. The Balaban J connectivity index is 1.96. The summed E-state index contributed by atoms with van der Waals surface area (Å²) in [6.07, 6.45) is 2.48. The second kappa shape index (κ2) is 4.97. The molecule has 0 atom stereocenters. The van der Waals surface area contributed by atoms with E-state index in [-0.39, 0.29) is 0 Å². The van der Waals surface area contributed by atoms with Crippen LogP contribution in [-0.2, 0) is 6.54 Å². The Morgan fingerprint density at radius 1 is 1.19 bits per heavy atom. The molecule has 2 N–H and O–H groups in total.